The number of nitrogens with zero attached hydrogens (tertiary/aromatic N) is 1. The first kappa shape index (κ1) is 14.9. The average molecular weight is 288 g/mol. The van der Waals surface area contributed by atoms with Gasteiger partial charge < -0.3 is 10.5 Å². The van der Waals surface area contributed by atoms with Crippen molar-refractivity contribution < 1.29 is 4.74 Å². The molecule has 3 rings (SSSR count). The lowest BCUT2D eigenvalue weighted by molar-refractivity contribution is 0.131. The summed E-state index contributed by atoms with van der Waals surface area (Å²) in [6, 6.07) is 6.83. The second-order valence-electron chi connectivity index (χ2n) is 7.16. The molecule has 1 aliphatic carbocycles. The Morgan fingerprint density at radius 1 is 1.38 bits per heavy atom. The van der Waals surface area contributed by atoms with E-state index in [-0.39, 0.29) is 11.6 Å². The monoisotopic (exact) mass is 288 g/mol. The van der Waals surface area contributed by atoms with E-state index in [0.29, 0.717) is 6.54 Å². The molecule has 0 saturated heterocycles. The van der Waals surface area contributed by atoms with Crippen LogP contribution in [0, 0.1) is 5.92 Å². The molecular formula is C18H28N2O. The molecule has 0 spiro atoms. The zero-order chi connectivity index (χ0) is 15.0. The van der Waals surface area contributed by atoms with Crippen LogP contribution in [-0.2, 0) is 6.42 Å². The van der Waals surface area contributed by atoms with Crippen LogP contribution in [0.25, 0.3) is 0 Å². The Morgan fingerprint density at radius 2 is 2.14 bits per heavy atom. The molecule has 1 heterocycles. The van der Waals surface area contributed by atoms with Crippen molar-refractivity contribution in [1.82, 2.24) is 4.90 Å². The smallest absolute Gasteiger partial charge is 0.128 e. The first-order chi connectivity index (χ1) is 10.0. The van der Waals surface area contributed by atoms with Gasteiger partial charge in [-0.15, -0.1) is 0 Å². The van der Waals surface area contributed by atoms with Crippen LogP contribution in [0.5, 0.6) is 5.75 Å². The quantitative estimate of drug-likeness (QED) is 0.874. The van der Waals surface area contributed by atoms with Gasteiger partial charge in [0.05, 0.1) is 6.04 Å². The lowest BCUT2D eigenvalue weighted by Gasteiger charge is -2.31. The van der Waals surface area contributed by atoms with E-state index in [9.17, 15) is 0 Å². The van der Waals surface area contributed by atoms with Gasteiger partial charge in [0, 0.05) is 25.1 Å². The van der Waals surface area contributed by atoms with Crippen LogP contribution in [0.2, 0.25) is 0 Å². The van der Waals surface area contributed by atoms with E-state index in [1.807, 2.05) is 0 Å². The normalized spacial score (nSPS) is 21.2. The van der Waals surface area contributed by atoms with Crippen molar-refractivity contribution >= 4 is 0 Å². The van der Waals surface area contributed by atoms with E-state index in [1.54, 1.807) is 0 Å². The van der Waals surface area contributed by atoms with Crippen LogP contribution in [-0.4, -0.2) is 30.1 Å². The summed E-state index contributed by atoms with van der Waals surface area (Å²) in [6.45, 7) is 9.43. The van der Waals surface area contributed by atoms with Crippen molar-refractivity contribution in [2.45, 2.75) is 51.7 Å². The second kappa shape index (κ2) is 5.62. The van der Waals surface area contributed by atoms with Gasteiger partial charge in [-0.1, -0.05) is 25.1 Å². The van der Waals surface area contributed by atoms with Crippen molar-refractivity contribution in [2.24, 2.45) is 11.7 Å². The van der Waals surface area contributed by atoms with Gasteiger partial charge >= 0.3 is 0 Å². The molecule has 1 aliphatic heterocycles. The minimum atomic E-state index is -0.0921. The van der Waals surface area contributed by atoms with Crippen molar-refractivity contribution in [3.05, 3.63) is 29.3 Å². The Kier molecular flexibility index (Phi) is 3.98. The Labute approximate surface area is 128 Å². The fourth-order valence-electron chi connectivity index (χ4n) is 3.48. The van der Waals surface area contributed by atoms with Crippen LogP contribution in [0.3, 0.4) is 0 Å². The Morgan fingerprint density at radius 3 is 2.76 bits per heavy atom. The highest BCUT2D eigenvalue weighted by molar-refractivity contribution is 5.47. The van der Waals surface area contributed by atoms with E-state index < -0.39 is 0 Å². The number of fused-ring (bicyclic) bond motifs is 1. The van der Waals surface area contributed by atoms with Crippen LogP contribution < -0.4 is 10.5 Å². The number of hydrogen-bond acceptors (Lipinski definition) is 3. The summed E-state index contributed by atoms with van der Waals surface area (Å²) in [5.74, 6) is 1.97. The SMILES string of the molecule is CCN(CC1CC1)C(CN)c1cccc2c1OC(C)(C)C2. The summed E-state index contributed by atoms with van der Waals surface area (Å²) in [7, 11) is 0. The molecule has 1 saturated carbocycles. The molecule has 0 bridgehead atoms. The van der Waals surface area contributed by atoms with Crippen LogP contribution >= 0.6 is 0 Å². The maximum Gasteiger partial charge on any atom is 0.128 e. The number of hydrogen-bond donors (Lipinski definition) is 1. The van der Waals surface area contributed by atoms with Gasteiger partial charge in [0.25, 0.3) is 0 Å². The lowest BCUT2D eigenvalue weighted by atomic mass is 9.97. The van der Waals surface area contributed by atoms with Crippen LogP contribution in [0.4, 0.5) is 0 Å². The Bertz CT molecular complexity index is 508. The molecule has 2 N–H and O–H groups in total. The summed E-state index contributed by atoms with van der Waals surface area (Å²) in [6.07, 6.45) is 3.75. The van der Waals surface area contributed by atoms with Crippen LogP contribution in [0.15, 0.2) is 18.2 Å². The molecule has 3 heteroatoms. The standard InChI is InChI=1S/C18H28N2O/c1-4-20(12-13-8-9-13)16(11-19)15-7-5-6-14-10-18(2,3)21-17(14)15/h5-7,13,16H,4,8-12,19H2,1-3H3. The zero-order valence-electron chi connectivity index (χ0n) is 13.6. The van der Waals surface area contributed by atoms with Gasteiger partial charge in [-0.05, 0) is 44.7 Å². The molecule has 0 aromatic heterocycles. The van der Waals surface area contributed by atoms with E-state index >= 15 is 0 Å². The van der Waals surface area contributed by atoms with Gasteiger partial charge in [0.2, 0.25) is 0 Å². The molecule has 1 aromatic carbocycles. The molecule has 21 heavy (non-hydrogen) atoms. The summed E-state index contributed by atoms with van der Waals surface area (Å²) in [5, 5.41) is 0. The van der Waals surface area contributed by atoms with Gasteiger partial charge in [-0.25, -0.2) is 0 Å². The summed E-state index contributed by atoms with van der Waals surface area (Å²) in [4.78, 5) is 2.53. The first-order valence-electron chi connectivity index (χ1n) is 8.29. The van der Waals surface area contributed by atoms with E-state index in [4.69, 9.17) is 10.5 Å². The molecule has 0 radical (unpaired) electrons. The topological polar surface area (TPSA) is 38.5 Å². The zero-order valence-corrected chi connectivity index (χ0v) is 13.6. The van der Waals surface area contributed by atoms with Crippen molar-refractivity contribution in [1.29, 1.82) is 0 Å². The highest BCUT2D eigenvalue weighted by Crippen LogP contribution is 2.42. The molecule has 1 unspecified atom stereocenters. The number of benzene rings is 1. The fourth-order valence-corrected chi connectivity index (χ4v) is 3.48. The van der Waals surface area contributed by atoms with Gasteiger partial charge in [-0.2, -0.15) is 0 Å². The fraction of sp³-hybridized carbons (Fsp3) is 0.667. The molecule has 1 atom stereocenters. The summed E-state index contributed by atoms with van der Waals surface area (Å²) >= 11 is 0. The van der Waals surface area contributed by atoms with Gasteiger partial charge in [-0.3, -0.25) is 4.90 Å². The largest absolute Gasteiger partial charge is 0.487 e. The predicted octanol–water partition coefficient (Wildman–Crippen LogP) is 3.13. The molecule has 0 amide bonds. The second-order valence-corrected chi connectivity index (χ2v) is 7.16. The Hall–Kier alpha value is -1.06. The summed E-state index contributed by atoms with van der Waals surface area (Å²) < 4.78 is 6.24. The average Bonchev–Trinajstić information content (AvgIpc) is 3.19. The molecule has 2 aliphatic rings. The lowest BCUT2D eigenvalue weighted by Crippen LogP contribution is -2.35. The minimum Gasteiger partial charge on any atom is -0.487 e. The maximum atomic E-state index is 6.24. The van der Waals surface area contributed by atoms with E-state index in [2.05, 4.69) is 43.9 Å². The molecular weight excluding hydrogens is 260 g/mol. The molecule has 3 nitrogen and oxygen atoms in total. The minimum absolute atomic E-state index is 0.0921. The van der Waals surface area contributed by atoms with E-state index in [1.165, 1.54) is 30.5 Å². The molecule has 1 fully saturated rings. The number of nitrogens with two attached hydrogens (primary N) is 1. The number of para-hydroxylation sites is 1. The summed E-state index contributed by atoms with van der Waals surface area (Å²) in [5.41, 5.74) is 8.66. The highest BCUT2D eigenvalue weighted by Gasteiger charge is 2.35. The third-order valence-corrected chi connectivity index (χ3v) is 4.74. The third-order valence-electron chi connectivity index (χ3n) is 4.74. The predicted molar refractivity (Wildman–Crippen MR) is 86.6 cm³/mol. The van der Waals surface area contributed by atoms with Crippen molar-refractivity contribution in [3.63, 3.8) is 0 Å². The maximum absolute atomic E-state index is 6.24. The molecule has 1 aromatic rings. The first-order valence-corrected chi connectivity index (χ1v) is 8.29. The number of ether oxygens (including phenoxy) is 1. The number of likely N-dealkylation sites (N-methyl/N-ethyl adjacent to an activating group) is 1. The Balaban J connectivity index is 1.89. The van der Waals surface area contributed by atoms with E-state index in [0.717, 1.165) is 24.6 Å². The third kappa shape index (κ3) is 3.09. The molecule has 116 valence electrons. The van der Waals surface area contributed by atoms with Crippen LogP contribution in [0.1, 0.15) is 50.8 Å². The van der Waals surface area contributed by atoms with Gasteiger partial charge in [0.15, 0.2) is 0 Å². The van der Waals surface area contributed by atoms with Crippen molar-refractivity contribution in [3.8, 4) is 5.75 Å². The van der Waals surface area contributed by atoms with Crippen molar-refractivity contribution in [2.75, 3.05) is 19.6 Å². The highest BCUT2D eigenvalue weighted by atomic mass is 16.5. The number of rotatable bonds is 6. The van der Waals surface area contributed by atoms with Gasteiger partial charge in [0.1, 0.15) is 11.4 Å².